The van der Waals surface area contributed by atoms with E-state index < -0.39 is 11.7 Å². The van der Waals surface area contributed by atoms with Crippen LogP contribution in [0.15, 0.2) is 28.9 Å². The molecule has 0 unspecified atom stereocenters. The van der Waals surface area contributed by atoms with Gasteiger partial charge in [-0.1, -0.05) is 12.1 Å². The molecule has 0 radical (unpaired) electrons. The van der Waals surface area contributed by atoms with Gasteiger partial charge in [-0.15, -0.1) is 0 Å². The second-order valence-corrected chi connectivity index (χ2v) is 5.99. The summed E-state index contributed by atoms with van der Waals surface area (Å²) < 4.78 is 12.8. The average Bonchev–Trinajstić information content (AvgIpc) is 2.62. The molecule has 0 fully saturated rings. The third kappa shape index (κ3) is 2.76. The molecule has 0 spiro atoms. The van der Waals surface area contributed by atoms with Gasteiger partial charge < -0.3 is 9.47 Å². The summed E-state index contributed by atoms with van der Waals surface area (Å²) in [7, 11) is 1.58. The number of methoxy groups -OCH3 is 1. The maximum Gasteiger partial charge on any atom is 0.420 e. The number of ether oxygens (including phenoxy) is 2. The highest BCUT2D eigenvalue weighted by molar-refractivity contribution is 9.10. The smallest absolute Gasteiger partial charge is 0.420 e. The third-order valence-electron chi connectivity index (χ3n) is 2.54. The van der Waals surface area contributed by atoms with Crippen molar-refractivity contribution in [3.63, 3.8) is 0 Å². The lowest BCUT2D eigenvalue weighted by Crippen LogP contribution is -2.27. The van der Waals surface area contributed by atoms with Gasteiger partial charge in [-0.05, 0) is 48.8 Å². The van der Waals surface area contributed by atoms with E-state index in [-0.39, 0.29) is 0 Å². The highest BCUT2D eigenvalue weighted by Gasteiger charge is 2.22. The zero-order valence-electron chi connectivity index (χ0n) is 11.4. The third-order valence-corrected chi connectivity index (χ3v) is 3.12. The molecule has 0 bridgehead atoms. The Balaban J connectivity index is 2.59. The van der Waals surface area contributed by atoms with Crippen molar-refractivity contribution in [2.75, 3.05) is 7.11 Å². The van der Waals surface area contributed by atoms with Gasteiger partial charge in [0.2, 0.25) is 0 Å². The quantitative estimate of drug-likeness (QED) is 0.789. The fourth-order valence-corrected chi connectivity index (χ4v) is 2.41. The summed E-state index contributed by atoms with van der Waals surface area (Å²) in [5.41, 5.74) is 0.154. The summed E-state index contributed by atoms with van der Waals surface area (Å²) in [6, 6.07) is 7.48. The largest absolute Gasteiger partial charge is 0.495 e. The molecule has 1 aromatic carbocycles. The number of benzene rings is 1. The van der Waals surface area contributed by atoms with Gasteiger partial charge in [-0.3, -0.25) is 0 Å². The molecule has 1 aromatic heterocycles. The van der Waals surface area contributed by atoms with Crippen LogP contribution in [-0.2, 0) is 4.74 Å². The molecule has 19 heavy (non-hydrogen) atoms. The lowest BCUT2D eigenvalue weighted by atomic mass is 10.2. The molecule has 4 nitrogen and oxygen atoms in total. The van der Waals surface area contributed by atoms with E-state index in [0.717, 1.165) is 5.39 Å². The standard InChI is InChI=1S/C14H16BrNO3/c1-14(2,3)19-13(17)16-11(15)8-9-6-5-7-10(18-4)12(9)16/h5-8H,1-4H3. The number of halogens is 1. The first-order chi connectivity index (χ1) is 8.83. The molecule has 0 atom stereocenters. The number of hydrogen-bond donors (Lipinski definition) is 0. The Bertz CT molecular complexity index is 625. The fraction of sp³-hybridized carbons (Fsp3) is 0.357. The van der Waals surface area contributed by atoms with Gasteiger partial charge in [-0.2, -0.15) is 0 Å². The van der Waals surface area contributed by atoms with Crippen LogP contribution in [0.25, 0.3) is 10.9 Å². The molecular weight excluding hydrogens is 310 g/mol. The Morgan fingerprint density at radius 3 is 2.58 bits per heavy atom. The molecule has 0 aliphatic rings. The van der Waals surface area contributed by atoms with E-state index in [4.69, 9.17) is 9.47 Å². The monoisotopic (exact) mass is 325 g/mol. The van der Waals surface area contributed by atoms with E-state index in [1.54, 1.807) is 7.11 Å². The predicted octanol–water partition coefficient (Wildman–Crippen LogP) is 4.20. The van der Waals surface area contributed by atoms with Crippen molar-refractivity contribution >= 4 is 32.9 Å². The topological polar surface area (TPSA) is 40.5 Å². The number of carbonyl (C=O) groups excluding carboxylic acids is 1. The normalized spacial score (nSPS) is 11.6. The van der Waals surface area contributed by atoms with E-state index >= 15 is 0 Å². The first-order valence-electron chi connectivity index (χ1n) is 5.91. The van der Waals surface area contributed by atoms with Crippen LogP contribution in [0.1, 0.15) is 20.8 Å². The van der Waals surface area contributed by atoms with Gasteiger partial charge in [-0.25, -0.2) is 9.36 Å². The Morgan fingerprint density at radius 2 is 2.00 bits per heavy atom. The second kappa shape index (κ2) is 4.89. The van der Waals surface area contributed by atoms with Gasteiger partial charge in [0.1, 0.15) is 16.9 Å². The summed E-state index contributed by atoms with van der Waals surface area (Å²) in [6.45, 7) is 5.51. The number of para-hydroxylation sites is 1. The lowest BCUT2D eigenvalue weighted by Gasteiger charge is -2.20. The number of fused-ring (bicyclic) bond motifs is 1. The Hall–Kier alpha value is -1.49. The van der Waals surface area contributed by atoms with Gasteiger partial charge in [0.05, 0.1) is 11.7 Å². The Labute approximate surface area is 120 Å². The minimum Gasteiger partial charge on any atom is -0.495 e. The number of carbonyl (C=O) groups is 1. The first kappa shape index (κ1) is 13.9. The molecular formula is C14H16BrNO3. The van der Waals surface area contributed by atoms with Crippen molar-refractivity contribution in [2.45, 2.75) is 26.4 Å². The molecule has 102 valence electrons. The van der Waals surface area contributed by atoms with Crippen molar-refractivity contribution in [3.05, 3.63) is 28.9 Å². The number of hydrogen-bond acceptors (Lipinski definition) is 3. The Kier molecular flexibility index (Phi) is 3.58. The van der Waals surface area contributed by atoms with Crippen LogP contribution < -0.4 is 4.74 Å². The van der Waals surface area contributed by atoms with E-state index in [1.165, 1.54) is 4.57 Å². The number of aromatic nitrogens is 1. The maximum absolute atomic E-state index is 12.3. The molecule has 2 aromatic rings. The van der Waals surface area contributed by atoms with Gasteiger partial charge in [0.25, 0.3) is 0 Å². The van der Waals surface area contributed by atoms with Crippen molar-refractivity contribution in [1.29, 1.82) is 0 Å². The van der Waals surface area contributed by atoms with Crippen LogP contribution in [0.5, 0.6) is 5.75 Å². The SMILES string of the molecule is COc1cccc2cc(Br)n(C(=O)OC(C)(C)C)c12. The lowest BCUT2D eigenvalue weighted by molar-refractivity contribution is 0.0540. The van der Waals surface area contributed by atoms with Crippen LogP contribution >= 0.6 is 15.9 Å². The zero-order valence-corrected chi connectivity index (χ0v) is 12.9. The molecule has 1 heterocycles. The van der Waals surface area contributed by atoms with Crippen LogP contribution in [0.2, 0.25) is 0 Å². The summed E-state index contributed by atoms with van der Waals surface area (Å²) in [5, 5.41) is 0.914. The summed E-state index contributed by atoms with van der Waals surface area (Å²) in [5.74, 6) is 0.633. The van der Waals surface area contributed by atoms with Crippen molar-refractivity contribution in [2.24, 2.45) is 0 Å². The molecule has 0 saturated heterocycles. The molecule has 0 N–H and O–H groups in total. The minimum absolute atomic E-state index is 0.432. The molecule has 0 aliphatic heterocycles. The van der Waals surface area contributed by atoms with E-state index in [1.807, 2.05) is 45.0 Å². The first-order valence-corrected chi connectivity index (χ1v) is 6.70. The predicted molar refractivity (Wildman–Crippen MR) is 77.8 cm³/mol. The highest BCUT2D eigenvalue weighted by Crippen LogP contribution is 2.31. The number of rotatable bonds is 1. The molecule has 5 heteroatoms. The minimum atomic E-state index is -0.546. The van der Waals surface area contributed by atoms with Crippen LogP contribution in [0.3, 0.4) is 0 Å². The second-order valence-electron chi connectivity index (χ2n) is 5.18. The van der Waals surface area contributed by atoms with Crippen molar-refractivity contribution in [3.8, 4) is 5.75 Å². The maximum atomic E-state index is 12.3. The van der Waals surface area contributed by atoms with E-state index in [0.29, 0.717) is 15.9 Å². The van der Waals surface area contributed by atoms with Crippen LogP contribution in [0, 0.1) is 0 Å². The molecule has 0 saturated carbocycles. The summed E-state index contributed by atoms with van der Waals surface area (Å²) in [4.78, 5) is 12.3. The molecule has 0 amide bonds. The average molecular weight is 326 g/mol. The fourth-order valence-electron chi connectivity index (χ4n) is 1.85. The Morgan fingerprint density at radius 1 is 1.32 bits per heavy atom. The molecule has 0 aliphatic carbocycles. The number of nitrogens with zero attached hydrogens (tertiary/aromatic N) is 1. The van der Waals surface area contributed by atoms with Crippen molar-refractivity contribution < 1.29 is 14.3 Å². The zero-order chi connectivity index (χ0) is 14.2. The van der Waals surface area contributed by atoms with E-state index in [2.05, 4.69) is 15.9 Å². The highest BCUT2D eigenvalue weighted by atomic mass is 79.9. The van der Waals surface area contributed by atoms with Gasteiger partial charge in [0, 0.05) is 5.39 Å². The molecule has 2 rings (SSSR count). The summed E-state index contributed by atoms with van der Waals surface area (Å²) in [6.07, 6.45) is -0.432. The van der Waals surface area contributed by atoms with Gasteiger partial charge >= 0.3 is 6.09 Å². The van der Waals surface area contributed by atoms with Crippen molar-refractivity contribution in [1.82, 2.24) is 4.57 Å². The summed E-state index contributed by atoms with van der Waals surface area (Å²) >= 11 is 3.39. The van der Waals surface area contributed by atoms with E-state index in [9.17, 15) is 4.79 Å². The van der Waals surface area contributed by atoms with Crippen LogP contribution in [0.4, 0.5) is 4.79 Å². The van der Waals surface area contributed by atoms with Gasteiger partial charge in [0.15, 0.2) is 0 Å². The van der Waals surface area contributed by atoms with Crippen LogP contribution in [-0.4, -0.2) is 23.4 Å².